The Kier molecular flexibility index (Phi) is 46.2. The van der Waals surface area contributed by atoms with E-state index in [1.807, 2.05) is 26.0 Å². The fourth-order valence-corrected chi connectivity index (χ4v) is 15.7. The number of phenolic OH excluding ortho intramolecular Hbond substituents is 1. The maximum absolute atomic E-state index is 15.6. The number of aromatic nitrogens is 1. The predicted molar refractivity (Wildman–Crippen MR) is 511 cm³/mol. The maximum atomic E-state index is 15.6. The van der Waals surface area contributed by atoms with Gasteiger partial charge in [-0.1, -0.05) is 127 Å². The number of rotatable bonds is 39. The molecule has 39 heteroatoms. The molecule has 0 bridgehead atoms. The molecule has 1 aliphatic rings. The van der Waals surface area contributed by atoms with Crippen molar-refractivity contribution in [3.8, 4) is 5.75 Å². The number of aromatic amines is 1. The number of primary amides is 1. The average Bonchev–Trinajstić information content (AvgIpc) is 1.80. The molecule has 39 nitrogen and oxygen atoms in total. The number of hydrogen-bond donors (Lipinski definition) is 20. The summed E-state index contributed by atoms with van der Waals surface area (Å²) in [4.78, 5) is 271. The Hall–Kier alpha value is -12.5. The summed E-state index contributed by atoms with van der Waals surface area (Å²) in [5.41, 5.74) is 2.24. The van der Waals surface area contributed by atoms with Gasteiger partial charge in [0.2, 0.25) is 99.9 Å². The first-order chi connectivity index (χ1) is 64.2. The molecule has 0 fully saturated rings. The third-order valence-electron chi connectivity index (χ3n) is 23.9. The molecule has 0 aliphatic carbocycles. The van der Waals surface area contributed by atoms with E-state index in [-0.39, 0.29) is 87.8 Å². The number of carbonyl (C=O) groups is 19. The van der Waals surface area contributed by atoms with Gasteiger partial charge in [0.25, 0.3) is 0 Å². The van der Waals surface area contributed by atoms with Crippen LogP contribution in [0.5, 0.6) is 5.75 Å². The van der Waals surface area contributed by atoms with Gasteiger partial charge in [-0.05, 0) is 187 Å². The number of carbonyl (C=O) groups excluding carboxylic acids is 18. The van der Waals surface area contributed by atoms with Crippen molar-refractivity contribution in [3.63, 3.8) is 0 Å². The normalized spacial score (nSPS) is 22.1. The first-order valence-corrected chi connectivity index (χ1v) is 47.0. The molecule has 0 radical (unpaired) electrons. The molecule has 1 aromatic heterocycles. The molecule has 21 N–H and O–H groups in total. The number of para-hydroxylation sites is 1. The zero-order valence-electron chi connectivity index (χ0n) is 81.9. The third-order valence-corrected chi connectivity index (χ3v) is 23.9. The van der Waals surface area contributed by atoms with Gasteiger partial charge in [0.15, 0.2) is 0 Å². The van der Waals surface area contributed by atoms with E-state index in [1.165, 1.54) is 107 Å². The van der Waals surface area contributed by atoms with Crippen molar-refractivity contribution in [2.24, 2.45) is 29.4 Å². The zero-order chi connectivity index (χ0) is 103. The molecule has 0 saturated heterocycles. The van der Waals surface area contributed by atoms with Gasteiger partial charge in [0.1, 0.15) is 64.9 Å². The summed E-state index contributed by atoms with van der Waals surface area (Å²) in [6.45, 7) is 25.3. The van der Waals surface area contributed by atoms with Crippen molar-refractivity contribution in [1.82, 2.24) is 84.7 Å². The minimum absolute atomic E-state index is 0.0514. The Bertz CT molecular complexity index is 4900. The summed E-state index contributed by atoms with van der Waals surface area (Å²) in [6.07, 6.45) is 3.24. The second-order valence-corrected chi connectivity index (χ2v) is 37.9. The van der Waals surface area contributed by atoms with Crippen molar-refractivity contribution >= 4 is 123 Å². The molecule has 137 heavy (non-hydrogen) atoms. The Balaban J connectivity index is 1.60. The number of benzene rings is 3. The largest absolute Gasteiger partial charge is 0.508 e. The van der Waals surface area contributed by atoms with E-state index in [0.29, 0.717) is 59.7 Å². The van der Waals surface area contributed by atoms with Crippen molar-refractivity contribution in [1.29, 1.82) is 0 Å². The number of ketones is 5. The zero-order valence-corrected chi connectivity index (χ0v) is 81.9. The number of hydrogen-bond acceptors (Lipinski definition) is 24. The number of phenols is 1. The number of allylic oxidation sites excluding steroid dienone is 2. The number of aliphatic hydroxyl groups is 1. The van der Waals surface area contributed by atoms with Crippen molar-refractivity contribution in [2.75, 3.05) is 13.1 Å². The van der Waals surface area contributed by atoms with Gasteiger partial charge < -0.3 is 100 Å². The third kappa shape index (κ3) is 38.5. The van der Waals surface area contributed by atoms with E-state index in [1.54, 1.807) is 81.6 Å². The van der Waals surface area contributed by atoms with Gasteiger partial charge >= 0.3 is 5.97 Å². The minimum Gasteiger partial charge on any atom is -0.508 e. The molecule has 0 saturated carbocycles. The van der Waals surface area contributed by atoms with E-state index < -0.39 is 245 Å². The molecule has 17 atom stereocenters. The highest BCUT2D eigenvalue weighted by Crippen LogP contribution is 2.26. The van der Waals surface area contributed by atoms with Crippen LogP contribution in [0.25, 0.3) is 10.9 Å². The number of fused-ring (bicyclic) bond motifs is 1. The molecule has 4 aromatic rings. The molecule has 2 heterocycles. The fraction of sp³-hybridized carbons (Fsp3) is 0.582. The highest BCUT2D eigenvalue weighted by atomic mass is 16.4. The SMILES string of the molecule is CC(=O)N[C@@H](CC(C)C)C(=O)N[C@H](C(=O)N[C@@H](Cc1ccccc1)C(=O)N[C@]1(C)CCCCCC/C=C/CCC[C@@](C)(C(=O)N[C@@H](C)C(=O)NC(C)(C)NC(C)C(=O)N[C@@H](C)C(=O)C(=O)[C@H](C)NC[C@H](C)C(C)=O)NC(=O)[C@H](CC(C)C)CN[C@@H](CCC(N)=O)C(=O)C(=O)C(C)NC(=O)[C@H](Cc2c[nH]c3ccccc23)NC(=O)C(Cc2ccc(O)cc2)NC(=O)[C@H](CCC(=O)O)NC1=O)[C@@H](C)O. The lowest BCUT2D eigenvalue weighted by Gasteiger charge is -2.35. The number of nitrogens with two attached hydrogens (primary N) is 1. The summed E-state index contributed by atoms with van der Waals surface area (Å²) in [6, 6.07) is 3.14. The van der Waals surface area contributed by atoms with Gasteiger partial charge in [-0.3, -0.25) is 96.4 Å². The number of nitrogens with one attached hydrogen (secondary N) is 16. The van der Waals surface area contributed by atoms with Crippen LogP contribution in [0.3, 0.4) is 0 Å². The smallest absolute Gasteiger partial charge is 0.303 e. The fourth-order valence-electron chi connectivity index (χ4n) is 15.7. The average molecular weight is 1910 g/mol. The second-order valence-electron chi connectivity index (χ2n) is 37.9. The molecule has 1 aliphatic heterocycles. The molecular weight excluding hydrogens is 1770 g/mol. The Morgan fingerprint density at radius 3 is 1.77 bits per heavy atom. The lowest BCUT2D eigenvalue weighted by molar-refractivity contribution is -0.140. The topological polar surface area (TPSA) is 607 Å². The molecule has 3 unspecified atom stereocenters. The van der Waals surface area contributed by atoms with Crippen molar-refractivity contribution in [3.05, 3.63) is 114 Å². The number of amides is 13. The monoisotopic (exact) mass is 1910 g/mol. The second kappa shape index (κ2) is 55.0. The van der Waals surface area contributed by atoms with Crippen LogP contribution in [0, 0.1) is 23.7 Å². The van der Waals surface area contributed by atoms with Crippen molar-refractivity contribution in [2.45, 2.75) is 329 Å². The summed E-state index contributed by atoms with van der Waals surface area (Å²) < 4.78 is 0. The van der Waals surface area contributed by atoms with Crippen LogP contribution in [-0.2, 0) is 110 Å². The number of carboxylic acid groups (broad SMARTS) is 1. The first kappa shape index (κ1) is 115. The summed E-state index contributed by atoms with van der Waals surface area (Å²) in [7, 11) is 0. The highest BCUT2D eigenvalue weighted by Gasteiger charge is 2.44. The van der Waals surface area contributed by atoms with E-state index in [2.05, 4.69) is 84.7 Å². The Morgan fingerprint density at radius 2 is 1.16 bits per heavy atom. The van der Waals surface area contributed by atoms with Gasteiger partial charge in [0.05, 0.1) is 47.9 Å². The van der Waals surface area contributed by atoms with Crippen LogP contribution in [-0.4, -0.2) is 240 Å². The highest BCUT2D eigenvalue weighted by molar-refractivity contribution is 6.41. The van der Waals surface area contributed by atoms with Gasteiger partial charge in [-0.15, -0.1) is 0 Å². The van der Waals surface area contributed by atoms with Gasteiger partial charge in [0, 0.05) is 75.1 Å². The first-order valence-electron chi connectivity index (χ1n) is 47.0. The van der Waals surface area contributed by atoms with E-state index in [0.717, 1.165) is 0 Å². The van der Waals surface area contributed by atoms with Crippen LogP contribution in [0.4, 0.5) is 0 Å². The number of aliphatic carboxylic acids is 1. The van der Waals surface area contributed by atoms with E-state index in [4.69, 9.17) is 5.73 Å². The maximum Gasteiger partial charge on any atom is 0.303 e. The van der Waals surface area contributed by atoms with E-state index >= 15 is 33.6 Å². The van der Waals surface area contributed by atoms with Gasteiger partial charge in [-0.2, -0.15) is 0 Å². The van der Waals surface area contributed by atoms with Gasteiger partial charge in [-0.25, -0.2) is 0 Å². The summed E-state index contributed by atoms with van der Waals surface area (Å²) in [5.74, 6) is -19.2. The lowest BCUT2D eigenvalue weighted by Crippen LogP contribution is -2.65. The number of Topliss-reactive ketones (excluding diaryl/α,β-unsaturated/α-hetero) is 5. The molecular formula is C98H145N17O22. The number of aliphatic hydroxyl groups excluding tert-OH is 1. The van der Waals surface area contributed by atoms with Crippen LogP contribution in [0.2, 0.25) is 0 Å². The molecule has 3 aromatic carbocycles. The summed E-state index contributed by atoms with van der Waals surface area (Å²) >= 11 is 0. The lowest BCUT2D eigenvalue weighted by atomic mass is 9.89. The van der Waals surface area contributed by atoms with Crippen LogP contribution in [0.1, 0.15) is 231 Å². The summed E-state index contributed by atoms with van der Waals surface area (Å²) in [5, 5.41) is 73.3. The number of H-pyrrole nitrogens is 1. The Morgan fingerprint density at radius 1 is 0.562 bits per heavy atom. The minimum atomic E-state index is -2.07. The van der Waals surface area contributed by atoms with E-state index in [9.17, 15) is 72.9 Å². The number of aromatic hydroxyl groups is 1. The molecule has 13 amide bonds. The van der Waals surface area contributed by atoms with Crippen LogP contribution >= 0.6 is 0 Å². The Labute approximate surface area is 800 Å². The molecule has 5 rings (SSSR count). The predicted octanol–water partition coefficient (Wildman–Crippen LogP) is 2.66. The molecule has 0 spiro atoms. The van der Waals surface area contributed by atoms with Crippen LogP contribution < -0.4 is 85.5 Å². The van der Waals surface area contributed by atoms with Crippen molar-refractivity contribution < 1.29 is 106 Å². The van der Waals surface area contributed by atoms with Crippen LogP contribution in [0.15, 0.2) is 97.2 Å². The quantitative estimate of drug-likeness (QED) is 0.0173. The molecule has 754 valence electrons. The number of carboxylic acids is 1. The standard InChI is InChI=1S/C98H145N17O22/c1-54(2)46-68-53-102-72(40-42-78(99)120)84(126)83(125)59(8)104-89(131)77(50-67-52-101-71-35-29-28-34-70(67)71)108-90(132)75(49-66-36-38-69(119)39-37-66)107-88(130)73(41-43-79(121)122)110-95(137)98(17,115-92(134)76(48-65-32-26-25-27-33-65)109-93(135)80(63(12)117)111-91(133)74(47-55(3)4)106-64(13)118)45-31-24-22-20-18-19-21-23-30-44-97(16,114-87(68)129)94(136)105-60(9)86(128)113-96(14,15)112-61(10)85(127)103-58(7)82(124)81(123)57(6)100-51-56(5)62(11)116/h19,21,25-29,32-39,52,54-61,63,68,72-77,80,100-102,112,117,119H,18,20,22-24,30-31,40-51,53H2,1-17H3,(H2,99,120)(H,103,127)(H,104,131)(H,105,136)(H,106,118)(H,107,130)(H,108,132)(H,109,135)(H,110,137)(H,111,133)(H,113,128)(H,114,129)(H,115,134)(H,121,122)/b21-19+/t56-,57-,58-,59?,60-,61?,63+,68+,72-,73-,74-,75?,76-,77-,80-,97-,98+/m0/s1.